The Labute approximate surface area is 177 Å². The van der Waals surface area contributed by atoms with Gasteiger partial charge in [-0.15, -0.1) is 0 Å². The van der Waals surface area contributed by atoms with Gasteiger partial charge in [0.15, 0.2) is 5.82 Å². The van der Waals surface area contributed by atoms with E-state index >= 15 is 0 Å². The van der Waals surface area contributed by atoms with E-state index in [0.29, 0.717) is 12.5 Å². The zero-order valence-corrected chi connectivity index (χ0v) is 17.5. The average molecular weight is 405 g/mol. The fourth-order valence-electron chi connectivity index (χ4n) is 3.92. The van der Waals surface area contributed by atoms with Gasteiger partial charge >= 0.3 is 0 Å². The lowest BCUT2D eigenvalue weighted by Gasteiger charge is -2.33. The number of benzene rings is 2. The van der Waals surface area contributed by atoms with Crippen LogP contribution in [-0.2, 0) is 4.79 Å². The Balaban J connectivity index is 1.43. The fourth-order valence-corrected chi connectivity index (χ4v) is 3.92. The second-order valence-corrected chi connectivity index (χ2v) is 7.68. The molecule has 2 aromatic carbocycles. The van der Waals surface area contributed by atoms with Crippen LogP contribution in [0, 0.1) is 5.92 Å². The van der Waals surface area contributed by atoms with Crippen molar-refractivity contribution < 1.29 is 9.53 Å². The van der Waals surface area contributed by atoms with Crippen molar-refractivity contribution in [1.29, 1.82) is 0 Å². The van der Waals surface area contributed by atoms with Crippen molar-refractivity contribution >= 4 is 22.8 Å². The third-order valence-electron chi connectivity index (χ3n) is 5.63. The SMILES string of the molecule is CCOc1nc2ccccc2nc1N1CCC(C(=O)NC(C)c2ccccc2)CC1. The van der Waals surface area contributed by atoms with Crippen LogP contribution < -0.4 is 15.0 Å². The van der Waals surface area contributed by atoms with Crippen LogP contribution in [0.5, 0.6) is 5.88 Å². The number of hydrogen-bond donors (Lipinski definition) is 1. The van der Waals surface area contributed by atoms with Crippen molar-refractivity contribution in [3.05, 3.63) is 60.2 Å². The Morgan fingerprint density at radius 1 is 1.07 bits per heavy atom. The van der Waals surface area contributed by atoms with Crippen molar-refractivity contribution in [1.82, 2.24) is 15.3 Å². The molecule has 1 aliphatic heterocycles. The summed E-state index contributed by atoms with van der Waals surface area (Å²) in [5.74, 6) is 1.47. The molecule has 1 aromatic heterocycles. The van der Waals surface area contributed by atoms with Crippen molar-refractivity contribution in [2.75, 3.05) is 24.6 Å². The van der Waals surface area contributed by atoms with Crippen LogP contribution in [0.4, 0.5) is 5.82 Å². The van der Waals surface area contributed by atoms with Crippen LogP contribution in [0.15, 0.2) is 54.6 Å². The summed E-state index contributed by atoms with van der Waals surface area (Å²) < 4.78 is 5.78. The highest BCUT2D eigenvalue weighted by molar-refractivity contribution is 5.80. The number of amides is 1. The first kappa shape index (κ1) is 20.1. The Kier molecular flexibility index (Phi) is 6.12. The van der Waals surface area contributed by atoms with Gasteiger partial charge in [-0.05, 0) is 44.4 Å². The highest BCUT2D eigenvalue weighted by Gasteiger charge is 2.28. The predicted molar refractivity (Wildman–Crippen MR) is 119 cm³/mol. The molecule has 30 heavy (non-hydrogen) atoms. The van der Waals surface area contributed by atoms with Crippen molar-refractivity contribution in [2.24, 2.45) is 5.92 Å². The van der Waals surface area contributed by atoms with Gasteiger partial charge in [-0.2, -0.15) is 0 Å². The minimum absolute atomic E-state index is 0.00707. The number of nitrogens with one attached hydrogen (secondary N) is 1. The van der Waals surface area contributed by atoms with Crippen LogP contribution in [-0.4, -0.2) is 35.6 Å². The molecule has 1 fully saturated rings. The van der Waals surface area contributed by atoms with E-state index in [2.05, 4.69) is 15.2 Å². The Hall–Kier alpha value is -3.15. The van der Waals surface area contributed by atoms with Gasteiger partial charge in [-0.25, -0.2) is 9.97 Å². The number of nitrogens with zero attached hydrogens (tertiary/aromatic N) is 3. The maximum absolute atomic E-state index is 12.8. The molecule has 0 aliphatic carbocycles. The van der Waals surface area contributed by atoms with Crippen molar-refractivity contribution in [3.8, 4) is 5.88 Å². The summed E-state index contributed by atoms with van der Waals surface area (Å²) in [6.07, 6.45) is 1.57. The molecule has 3 aromatic rings. The molecule has 4 rings (SSSR count). The summed E-state index contributed by atoms with van der Waals surface area (Å²) in [6, 6.07) is 17.9. The Morgan fingerprint density at radius 3 is 2.37 bits per heavy atom. The van der Waals surface area contributed by atoms with Gasteiger partial charge in [0.25, 0.3) is 5.88 Å². The van der Waals surface area contributed by atoms with Gasteiger partial charge in [0.1, 0.15) is 0 Å². The quantitative estimate of drug-likeness (QED) is 0.669. The van der Waals surface area contributed by atoms with Gasteiger partial charge in [0.05, 0.1) is 23.7 Å². The third kappa shape index (κ3) is 4.37. The number of piperidine rings is 1. The number of anilines is 1. The van der Waals surface area contributed by atoms with Crippen LogP contribution in [0.3, 0.4) is 0 Å². The summed E-state index contributed by atoms with van der Waals surface area (Å²) >= 11 is 0. The molecular weight excluding hydrogens is 376 g/mol. The highest BCUT2D eigenvalue weighted by atomic mass is 16.5. The van der Waals surface area contributed by atoms with Gasteiger partial charge < -0.3 is 15.0 Å². The standard InChI is InChI=1S/C24H28N4O2/c1-3-30-24-22(26-20-11-7-8-12-21(20)27-24)28-15-13-19(14-16-28)23(29)25-17(2)18-9-5-4-6-10-18/h4-12,17,19H,3,13-16H2,1-2H3,(H,25,29). The molecule has 156 valence electrons. The summed E-state index contributed by atoms with van der Waals surface area (Å²) in [5, 5.41) is 3.17. The number of rotatable bonds is 6. The lowest BCUT2D eigenvalue weighted by atomic mass is 9.95. The second kappa shape index (κ2) is 9.11. The highest BCUT2D eigenvalue weighted by Crippen LogP contribution is 2.30. The first-order chi connectivity index (χ1) is 14.7. The molecule has 0 spiro atoms. The molecule has 6 nitrogen and oxygen atoms in total. The minimum atomic E-state index is 0.00707. The van der Waals surface area contributed by atoms with Crippen molar-refractivity contribution in [3.63, 3.8) is 0 Å². The van der Waals surface area contributed by atoms with E-state index in [-0.39, 0.29) is 17.9 Å². The molecule has 0 saturated carbocycles. The topological polar surface area (TPSA) is 67.4 Å². The van der Waals surface area contributed by atoms with Gasteiger partial charge in [0.2, 0.25) is 5.91 Å². The summed E-state index contributed by atoms with van der Waals surface area (Å²) in [6.45, 7) is 6.03. The molecule has 0 bridgehead atoms. The average Bonchev–Trinajstić information content (AvgIpc) is 2.79. The molecule has 1 aliphatic rings. The Morgan fingerprint density at radius 2 is 1.70 bits per heavy atom. The summed E-state index contributed by atoms with van der Waals surface area (Å²) in [5.41, 5.74) is 2.80. The van der Waals surface area contributed by atoms with E-state index in [9.17, 15) is 4.79 Å². The third-order valence-corrected chi connectivity index (χ3v) is 5.63. The predicted octanol–water partition coefficient (Wildman–Crippen LogP) is 4.12. The van der Waals surface area contributed by atoms with E-state index in [1.54, 1.807) is 0 Å². The smallest absolute Gasteiger partial charge is 0.258 e. The van der Waals surface area contributed by atoms with Gasteiger partial charge in [0, 0.05) is 19.0 Å². The lowest BCUT2D eigenvalue weighted by molar-refractivity contribution is -0.126. The van der Waals surface area contributed by atoms with Gasteiger partial charge in [-0.3, -0.25) is 4.79 Å². The monoisotopic (exact) mass is 404 g/mol. The van der Waals surface area contributed by atoms with Crippen molar-refractivity contribution in [2.45, 2.75) is 32.7 Å². The molecule has 1 saturated heterocycles. The molecule has 6 heteroatoms. The normalized spacial score (nSPS) is 15.7. The van der Waals surface area contributed by atoms with Gasteiger partial charge in [-0.1, -0.05) is 42.5 Å². The maximum atomic E-state index is 12.8. The molecule has 1 amide bonds. The van der Waals surface area contributed by atoms with E-state index in [1.165, 1.54) is 0 Å². The van der Waals surface area contributed by atoms with Crippen LogP contribution in [0.2, 0.25) is 0 Å². The number of carbonyl (C=O) groups is 1. The zero-order chi connectivity index (χ0) is 20.9. The maximum Gasteiger partial charge on any atom is 0.258 e. The number of ether oxygens (including phenoxy) is 1. The minimum Gasteiger partial charge on any atom is -0.475 e. The Bertz CT molecular complexity index is 1000. The molecule has 2 heterocycles. The fraction of sp³-hybridized carbons (Fsp3) is 0.375. The number of carbonyl (C=O) groups excluding carboxylic acids is 1. The number of para-hydroxylation sites is 2. The van der Waals surface area contributed by atoms with Crippen LogP contribution in [0.1, 0.15) is 38.3 Å². The van der Waals surface area contributed by atoms with E-state index in [4.69, 9.17) is 9.72 Å². The number of fused-ring (bicyclic) bond motifs is 1. The molecule has 1 unspecified atom stereocenters. The first-order valence-electron chi connectivity index (χ1n) is 10.7. The second-order valence-electron chi connectivity index (χ2n) is 7.68. The molecule has 1 atom stereocenters. The summed E-state index contributed by atoms with van der Waals surface area (Å²) in [7, 11) is 0. The molecular formula is C24H28N4O2. The largest absolute Gasteiger partial charge is 0.475 e. The van der Waals surface area contributed by atoms with E-state index < -0.39 is 0 Å². The summed E-state index contributed by atoms with van der Waals surface area (Å²) in [4.78, 5) is 24.5. The van der Waals surface area contributed by atoms with E-state index in [1.807, 2.05) is 68.4 Å². The number of hydrogen-bond acceptors (Lipinski definition) is 5. The number of aromatic nitrogens is 2. The van der Waals surface area contributed by atoms with Crippen LogP contribution >= 0.6 is 0 Å². The zero-order valence-electron chi connectivity index (χ0n) is 17.5. The molecule has 1 N–H and O–H groups in total. The first-order valence-corrected chi connectivity index (χ1v) is 10.7. The lowest BCUT2D eigenvalue weighted by Crippen LogP contribution is -2.41. The molecule has 0 radical (unpaired) electrons. The van der Waals surface area contributed by atoms with E-state index in [0.717, 1.165) is 48.3 Å². The van der Waals surface area contributed by atoms with Crippen LogP contribution in [0.25, 0.3) is 11.0 Å².